The van der Waals surface area contributed by atoms with Crippen LogP contribution in [0.15, 0.2) is 30.3 Å². The smallest absolute Gasteiger partial charge is 0.315 e. The Morgan fingerprint density at radius 2 is 1.92 bits per heavy atom. The summed E-state index contributed by atoms with van der Waals surface area (Å²) < 4.78 is 0. The normalized spacial score (nSPS) is 16.2. The van der Waals surface area contributed by atoms with Crippen LogP contribution in [0, 0.1) is 5.92 Å². The zero-order chi connectivity index (χ0) is 18.8. The van der Waals surface area contributed by atoms with Gasteiger partial charge in [0.25, 0.3) is 0 Å². The van der Waals surface area contributed by atoms with Gasteiger partial charge < -0.3 is 20.4 Å². The molecule has 2 N–H and O–H groups in total. The summed E-state index contributed by atoms with van der Waals surface area (Å²) in [7, 11) is 2.12. The average molecular weight is 361 g/mol. The van der Waals surface area contributed by atoms with Gasteiger partial charge in [-0.05, 0) is 44.3 Å². The Morgan fingerprint density at radius 3 is 2.58 bits per heavy atom. The van der Waals surface area contributed by atoms with Gasteiger partial charge in [-0.2, -0.15) is 0 Å². The summed E-state index contributed by atoms with van der Waals surface area (Å²) in [5.74, 6) is 0.711. The third kappa shape index (κ3) is 8.19. The van der Waals surface area contributed by atoms with Gasteiger partial charge in [0.1, 0.15) is 0 Å². The molecule has 1 saturated heterocycles. The fourth-order valence-corrected chi connectivity index (χ4v) is 3.54. The van der Waals surface area contributed by atoms with Crippen molar-refractivity contribution in [3.8, 4) is 0 Å². The summed E-state index contributed by atoms with van der Waals surface area (Å²) in [5.41, 5.74) is 1.32. The van der Waals surface area contributed by atoms with E-state index in [1.165, 1.54) is 5.56 Å². The predicted molar refractivity (Wildman–Crippen MR) is 108 cm³/mol. The minimum atomic E-state index is -0.0157. The third-order valence-electron chi connectivity index (χ3n) is 4.84. The number of amides is 2. The number of carbonyl (C=O) groups is 1. The first-order valence-electron chi connectivity index (χ1n) is 10.0. The van der Waals surface area contributed by atoms with Gasteiger partial charge in [0, 0.05) is 38.8 Å². The number of benzene rings is 1. The number of nitrogens with one attached hydrogen (secondary N) is 2. The van der Waals surface area contributed by atoms with Crippen LogP contribution in [-0.2, 0) is 6.54 Å². The average Bonchev–Trinajstić information content (AvgIpc) is 2.61. The number of nitrogens with zero attached hydrogens (tertiary/aromatic N) is 2. The molecule has 2 rings (SSSR count). The Morgan fingerprint density at radius 1 is 1.23 bits per heavy atom. The number of carbonyl (C=O) groups excluding carboxylic acids is 1. The molecule has 2 amide bonds. The maximum absolute atomic E-state index is 12.1. The third-order valence-corrected chi connectivity index (χ3v) is 4.84. The highest BCUT2D eigenvalue weighted by atomic mass is 16.2. The van der Waals surface area contributed by atoms with Crippen molar-refractivity contribution < 1.29 is 4.79 Å². The fourth-order valence-electron chi connectivity index (χ4n) is 3.54. The first kappa shape index (κ1) is 20.7. The van der Waals surface area contributed by atoms with Crippen molar-refractivity contribution in [2.45, 2.75) is 45.7 Å². The molecule has 0 aliphatic carbocycles. The van der Waals surface area contributed by atoms with E-state index in [9.17, 15) is 4.79 Å². The molecule has 26 heavy (non-hydrogen) atoms. The topological polar surface area (TPSA) is 47.6 Å². The van der Waals surface area contributed by atoms with Crippen LogP contribution >= 0.6 is 0 Å². The van der Waals surface area contributed by atoms with E-state index in [4.69, 9.17) is 0 Å². The van der Waals surface area contributed by atoms with Gasteiger partial charge in [0.2, 0.25) is 0 Å². The van der Waals surface area contributed by atoms with Crippen LogP contribution < -0.4 is 10.6 Å². The van der Waals surface area contributed by atoms with Crippen molar-refractivity contribution in [3.05, 3.63) is 35.9 Å². The quantitative estimate of drug-likeness (QED) is 0.666. The lowest BCUT2D eigenvalue weighted by atomic mass is 10.0. The van der Waals surface area contributed by atoms with Crippen molar-refractivity contribution in [1.82, 2.24) is 20.4 Å². The highest BCUT2D eigenvalue weighted by molar-refractivity contribution is 5.74. The van der Waals surface area contributed by atoms with Crippen LogP contribution in [0.3, 0.4) is 0 Å². The fraction of sp³-hybridized carbons (Fsp3) is 0.667. The van der Waals surface area contributed by atoms with Crippen LogP contribution in [-0.4, -0.2) is 61.6 Å². The second-order valence-corrected chi connectivity index (χ2v) is 7.95. The standard InChI is InChI=1S/C21H36N4O/c1-18(2)16-25-14-10-20(11-15-25)23-21(26)22-12-7-13-24(3)17-19-8-5-4-6-9-19/h4-6,8-9,18,20H,7,10-17H2,1-3H3,(H2,22,23,26). The molecule has 0 unspecified atom stereocenters. The summed E-state index contributed by atoms with van der Waals surface area (Å²) in [6.45, 7) is 10.5. The molecule has 0 bridgehead atoms. The monoisotopic (exact) mass is 360 g/mol. The SMILES string of the molecule is CC(C)CN1CCC(NC(=O)NCCCN(C)Cc2ccccc2)CC1. The molecule has 0 aromatic heterocycles. The molecule has 1 fully saturated rings. The van der Waals surface area contributed by atoms with E-state index < -0.39 is 0 Å². The molecule has 5 nitrogen and oxygen atoms in total. The van der Waals surface area contributed by atoms with E-state index in [0.717, 1.165) is 58.5 Å². The summed E-state index contributed by atoms with van der Waals surface area (Å²) in [6, 6.07) is 10.8. The minimum absolute atomic E-state index is 0.0157. The highest BCUT2D eigenvalue weighted by Crippen LogP contribution is 2.12. The molecule has 1 aliphatic rings. The van der Waals surface area contributed by atoms with Crippen LogP contribution in [0.2, 0.25) is 0 Å². The molecule has 1 heterocycles. The van der Waals surface area contributed by atoms with Gasteiger partial charge in [0.05, 0.1) is 0 Å². The Bertz CT molecular complexity index is 512. The van der Waals surface area contributed by atoms with Crippen LogP contribution in [0.25, 0.3) is 0 Å². The first-order valence-corrected chi connectivity index (χ1v) is 10.0. The molecule has 0 atom stereocenters. The van der Waals surface area contributed by atoms with Crippen molar-refractivity contribution in [1.29, 1.82) is 0 Å². The van der Waals surface area contributed by atoms with Gasteiger partial charge in [-0.1, -0.05) is 44.2 Å². The molecule has 0 saturated carbocycles. The van der Waals surface area contributed by atoms with E-state index >= 15 is 0 Å². The molecule has 0 radical (unpaired) electrons. The summed E-state index contributed by atoms with van der Waals surface area (Å²) in [5, 5.41) is 6.13. The summed E-state index contributed by atoms with van der Waals surface area (Å²) in [4.78, 5) is 16.9. The second-order valence-electron chi connectivity index (χ2n) is 7.95. The summed E-state index contributed by atoms with van der Waals surface area (Å²) in [6.07, 6.45) is 3.07. The molecular formula is C21H36N4O. The Labute approximate surface area is 159 Å². The number of likely N-dealkylation sites (tertiary alicyclic amines) is 1. The minimum Gasteiger partial charge on any atom is -0.338 e. The number of hydrogen-bond acceptors (Lipinski definition) is 3. The van der Waals surface area contributed by atoms with Crippen LogP contribution in [0.1, 0.15) is 38.7 Å². The number of piperidine rings is 1. The maximum atomic E-state index is 12.1. The maximum Gasteiger partial charge on any atom is 0.315 e. The van der Waals surface area contributed by atoms with E-state index in [1.54, 1.807) is 0 Å². The van der Waals surface area contributed by atoms with Gasteiger partial charge in [0.15, 0.2) is 0 Å². The van der Waals surface area contributed by atoms with Gasteiger partial charge in [-0.15, -0.1) is 0 Å². The van der Waals surface area contributed by atoms with E-state index in [-0.39, 0.29) is 6.03 Å². The van der Waals surface area contributed by atoms with Crippen molar-refractivity contribution in [2.24, 2.45) is 5.92 Å². The van der Waals surface area contributed by atoms with Gasteiger partial charge >= 0.3 is 6.03 Å². The Hall–Kier alpha value is -1.59. The highest BCUT2D eigenvalue weighted by Gasteiger charge is 2.20. The lowest BCUT2D eigenvalue weighted by molar-refractivity contribution is 0.178. The predicted octanol–water partition coefficient (Wildman–Crippen LogP) is 2.93. The van der Waals surface area contributed by atoms with Crippen LogP contribution in [0.4, 0.5) is 4.79 Å². The van der Waals surface area contributed by atoms with Crippen molar-refractivity contribution in [2.75, 3.05) is 39.8 Å². The molecule has 5 heteroatoms. The lowest BCUT2D eigenvalue weighted by Crippen LogP contribution is -2.48. The molecular weight excluding hydrogens is 324 g/mol. The molecule has 1 aromatic rings. The van der Waals surface area contributed by atoms with E-state index in [1.807, 2.05) is 6.07 Å². The van der Waals surface area contributed by atoms with E-state index in [2.05, 4.69) is 65.6 Å². The summed E-state index contributed by atoms with van der Waals surface area (Å²) >= 11 is 0. The van der Waals surface area contributed by atoms with Gasteiger partial charge in [-0.25, -0.2) is 4.79 Å². The Kier molecular flexibility index (Phi) is 8.92. The van der Waals surface area contributed by atoms with Crippen molar-refractivity contribution in [3.63, 3.8) is 0 Å². The zero-order valence-corrected chi connectivity index (χ0v) is 16.7. The number of rotatable bonds is 9. The molecule has 1 aliphatic heterocycles. The zero-order valence-electron chi connectivity index (χ0n) is 16.7. The number of hydrogen-bond donors (Lipinski definition) is 2. The number of urea groups is 1. The largest absolute Gasteiger partial charge is 0.338 e. The second kappa shape index (κ2) is 11.2. The van der Waals surface area contributed by atoms with Crippen molar-refractivity contribution >= 4 is 6.03 Å². The molecule has 1 aromatic carbocycles. The van der Waals surface area contributed by atoms with Gasteiger partial charge in [-0.3, -0.25) is 0 Å². The van der Waals surface area contributed by atoms with Crippen LogP contribution in [0.5, 0.6) is 0 Å². The Balaban J connectivity index is 1.52. The first-order chi connectivity index (χ1) is 12.5. The van der Waals surface area contributed by atoms with E-state index in [0.29, 0.717) is 12.0 Å². The molecule has 0 spiro atoms. The molecule has 146 valence electrons. The lowest BCUT2D eigenvalue weighted by Gasteiger charge is -2.33.